The van der Waals surface area contributed by atoms with Gasteiger partial charge in [0.05, 0.1) is 0 Å². The van der Waals surface area contributed by atoms with E-state index in [1.807, 2.05) is 30.3 Å². The minimum absolute atomic E-state index is 0.240. The first-order valence-corrected chi connectivity index (χ1v) is 6.63. The molecule has 0 heterocycles. The van der Waals surface area contributed by atoms with Crippen LogP contribution in [-0.4, -0.2) is 23.1 Å². The monoisotopic (exact) mass is 243 g/mol. The third-order valence-corrected chi connectivity index (χ3v) is 3.74. The molecule has 0 aromatic heterocycles. The number of phenols is 1. The quantitative estimate of drug-likeness (QED) is 0.879. The van der Waals surface area contributed by atoms with Crippen LogP contribution in [0.2, 0.25) is 0 Å². The third-order valence-electron chi connectivity index (χ3n) is 3.74. The molecule has 1 atom stereocenters. The van der Waals surface area contributed by atoms with E-state index >= 15 is 0 Å². The van der Waals surface area contributed by atoms with Gasteiger partial charge in [0.2, 0.25) is 0 Å². The van der Waals surface area contributed by atoms with Gasteiger partial charge in [-0.25, -0.2) is 0 Å². The van der Waals surface area contributed by atoms with E-state index in [0.29, 0.717) is 5.75 Å². The summed E-state index contributed by atoms with van der Waals surface area (Å²) >= 11 is 0. The van der Waals surface area contributed by atoms with Crippen LogP contribution < -0.4 is 0 Å². The Kier molecular flexibility index (Phi) is 3.87. The summed E-state index contributed by atoms with van der Waals surface area (Å²) in [6.45, 7) is 8.43. The second-order valence-corrected chi connectivity index (χ2v) is 4.62. The molecule has 0 aliphatic carbocycles. The average molecular weight is 243 g/mol. The summed E-state index contributed by atoms with van der Waals surface area (Å²) < 4.78 is 0. The van der Waals surface area contributed by atoms with Crippen LogP contribution in [0.4, 0.5) is 0 Å². The molecule has 96 valence electrons. The molecule has 0 spiro atoms. The summed E-state index contributed by atoms with van der Waals surface area (Å²) in [6.07, 6.45) is 0. The highest BCUT2D eigenvalue weighted by Gasteiger charge is 2.17. The van der Waals surface area contributed by atoms with Crippen LogP contribution >= 0.6 is 0 Å². The van der Waals surface area contributed by atoms with Crippen molar-refractivity contribution in [3.05, 3.63) is 42.0 Å². The van der Waals surface area contributed by atoms with Gasteiger partial charge >= 0.3 is 0 Å². The van der Waals surface area contributed by atoms with Gasteiger partial charge < -0.3 is 5.11 Å². The van der Waals surface area contributed by atoms with Crippen LogP contribution in [0.15, 0.2) is 36.4 Å². The van der Waals surface area contributed by atoms with Crippen molar-refractivity contribution >= 4 is 10.8 Å². The fourth-order valence-corrected chi connectivity index (χ4v) is 2.58. The number of fused-ring (bicyclic) bond motifs is 1. The topological polar surface area (TPSA) is 23.5 Å². The molecule has 2 aromatic rings. The fourth-order valence-electron chi connectivity index (χ4n) is 2.58. The maximum Gasteiger partial charge on any atom is 0.128 e. The van der Waals surface area contributed by atoms with Crippen molar-refractivity contribution in [3.8, 4) is 5.75 Å². The molecular weight excluding hydrogens is 222 g/mol. The van der Waals surface area contributed by atoms with E-state index in [4.69, 9.17) is 0 Å². The van der Waals surface area contributed by atoms with Crippen molar-refractivity contribution in [2.75, 3.05) is 13.1 Å². The Bertz CT molecular complexity index is 532. The Morgan fingerprint density at radius 3 is 2.39 bits per heavy atom. The molecular formula is C16H21NO. The smallest absolute Gasteiger partial charge is 0.128 e. The summed E-state index contributed by atoms with van der Waals surface area (Å²) in [5.74, 6) is 0.424. The van der Waals surface area contributed by atoms with Crippen LogP contribution in [0.25, 0.3) is 10.8 Å². The van der Waals surface area contributed by atoms with Crippen molar-refractivity contribution in [2.45, 2.75) is 26.8 Å². The molecule has 0 fully saturated rings. The van der Waals surface area contributed by atoms with Crippen molar-refractivity contribution in [1.29, 1.82) is 0 Å². The molecule has 0 aliphatic rings. The predicted molar refractivity (Wildman–Crippen MR) is 76.9 cm³/mol. The maximum absolute atomic E-state index is 10.4. The van der Waals surface area contributed by atoms with Crippen molar-refractivity contribution < 1.29 is 5.11 Å². The molecule has 2 aromatic carbocycles. The number of aromatic hydroxyl groups is 1. The van der Waals surface area contributed by atoms with Gasteiger partial charge in [-0.05, 0) is 25.4 Å². The lowest BCUT2D eigenvalue weighted by Gasteiger charge is -2.27. The Balaban J connectivity index is 2.48. The normalized spacial score (nSPS) is 13.1. The first-order chi connectivity index (χ1) is 8.69. The van der Waals surface area contributed by atoms with Crippen molar-refractivity contribution in [3.63, 3.8) is 0 Å². The van der Waals surface area contributed by atoms with Crippen molar-refractivity contribution in [1.82, 2.24) is 4.90 Å². The molecule has 0 saturated carbocycles. The highest BCUT2D eigenvalue weighted by atomic mass is 16.3. The third kappa shape index (κ3) is 2.21. The van der Waals surface area contributed by atoms with Gasteiger partial charge in [-0.3, -0.25) is 4.90 Å². The van der Waals surface area contributed by atoms with E-state index in [2.05, 4.69) is 31.7 Å². The van der Waals surface area contributed by atoms with Gasteiger partial charge in [-0.2, -0.15) is 0 Å². The summed E-state index contributed by atoms with van der Waals surface area (Å²) in [5.41, 5.74) is 1.01. The summed E-state index contributed by atoms with van der Waals surface area (Å²) in [5, 5.41) is 12.5. The van der Waals surface area contributed by atoms with Gasteiger partial charge in [0.25, 0.3) is 0 Å². The van der Waals surface area contributed by atoms with Crippen LogP contribution in [0.3, 0.4) is 0 Å². The first kappa shape index (κ1) is 12.9. The number of rotatable bonds is 4. The zero-order valence-electron chi connectivity index (χ0n) is 11.4. The molecule has 1 unspecified atom stereocenters. The molecule has 0 amide bonds. The number of phenolic OH excluding ortho intramolecular Hbond substituents is 1. The summed E-state index contributed by atoms with van der Waals surface area (Å²) in [7, 11) is 0. The van der Waals surface area contributed by atoms with E-state index in [-0.39, 0.29) is 6.04 Å². The van der Waals surface area contributed by atoms with Crippen LogP contribution in [-0.2, 0) is 0 Å². The Morgan fingerprint density at radius 1 is 1.06 bits per heavy atom. The van der Waals surface area contributed by atoms with Crippen LogP contribution in [0.1, 0.15) is 32.4 Å². The largest absolute Gasteiger partial charge is 0.507 e. The molecule has 0 saturated heterocycles. The van der Waals surface area contributed by atoms with Gasteiger partial charge in [0, 0.05) is 17.0 Å². The predicted octanol–water partition coefficient (Wildman–Crippen LogP) is 3.95. The Morgan fingerprint density at radius 2 is 1.72 bits per heavy atom. The minimum Gasteiger partial charge on any atom is -0.507 e. The zero-order chi connectivity index (χ0) is 13.1. The highest BCUT2D eigenvalue weighted by molar-refractivity contribution is 5.89. The lowest BCUT2D eigenvalue weighted by atomic mass is 10.00. The van der Waals surface area contributed by atoms with Crippen LogP contribution in [0.5, 0.6) is 5.75 Å². The maximum atomic E-state index is 10.4. The number of hydrogen-bond acceptors (Lipinski definition) is 2. The van der Waals surface area contributed by atoms with Gasteiger partial charge in [0.1, 0.15) is 5.75 Å². The lowest BCUT2D eigenvalue weighted by molar-refractivity contribution is 0.230. The standard InChI is InChI=1S/C16H21NO/c1-4-17(5-2)12(3)14-11-10-13-8-6-7-9-15(13)16(14)18/h6-12,18H,4-5H2,1-3H3. The van der Waals surface area contributed by atoms with Gasteiger partial charge in [-0.15, -0.1) is 0 Å². The molecule has 0 aliphatic heterocycles. The number of benzene rings is 2. The molecule has 2 heteroatoms. The SMILES string of the molecule is CCN(CC)C(C)c1ccc2ccccc2c1O. The Labute approximate surface area is 109 Å². The summed E-state index contributed by atoms with van der Waals surface area (Å²) in [6, 6.07) is 12.3. The minimum atomic E-state index is 0.240. The molecule has 0 bridgehead atoms. The Hall–Kier alpha value is -1.54. The first-order valence-electron chi connectivity index (χ1n) is 6.63. The molecule has 0 radical (unpaired) electrons. The van der Waals surface area contributed by atoms with Gasteiger partial charge in [-0.1, -0.05) is 50.2 Å². The number of hydrogen-bond donors (Lipinski definition) is 1. The van der Waals surface area contributed by atoms with Gasteiger partial charge in [0.15, 0.2) is 0 Å². The number of nitrogens with zero attached hydrogens (tertiary/aromatic N) is 1. The summed E-state index contributed by atoms with van der Waals surface area (Å²) in [4.78, 5) is 2.34. The van der Waals surface area contributed by atoms with E-state index in [1.165, 1.54) is 0 Å². The lowest BCUT2D eigenvalue weighted by Crippen LogP contribution is -2.26. The van der Waals surface area contributed by atoms with Crippen LogP contribution in [0, 0.1) is 0 Å². The van der Waals surface area contributed by atoms with E-state index < -0.39 is 0 Å². The fraction of sp³-hybridized carbons (Fsp3) is 0.375. The van der Waals surface area contributed by atoms with Crippen molar-refractivity contribution in [2.24, 2.45) is 0 Å². The van der Waals surface area contributed by atoms with E-state index in [9.17, 15) is 5.11 Å². The molecule has 2 nitrogen and oxygen atoms in total. The highest BCUT2D eigenvalue weighted by Crippen LogP contribution is 2.34. The second-order valence-electron chi connectivity index (χ2n) is 4.62. The molecule has 18 heavy (non-hydrogen) atoms. The average Bonchev–Trinajstić information content (AvgIpc) is 2.40. The second kappa shape index (κ2) is 5.40. The van der Waals surface area contributed by atoms with E-state index in [1.54, 1.807) is 0 Å². The molecule has 1 N–H and O–H groups in total. The molecule has 2 rings (SSSR count). The zero-order valence-corrected chi connectivity index (χ0v) is 11.4. The van der Waals surface area contributed by atoms with E-state index in [0.717, 1.165) is 29.4 Å².